The van der Waals surface area contributed by atoms with E-state index in [0.29, 0.717) is 54.1 Å². The number of carbonyl (C=O) groups is 3. The highest BCUT2D eigenvalue weighted by atomic mass is 19.1. The van der Waals surface area contributed by atoms with Crippen LogP contribution < -0.4 is 5.32 Å². The first-order valence-electron chi connectivity index (χ1n) is 12.3. The van der Waals surface area contributed by atoms with Gasteiger partial charge in [0.05, 0.1) is 23.1 Å². The molecule has 4 rings (SSSR count). The van der Waals surface area contributed by atoms with Gasteiger partial charge >= 0.3 is 6.09 Å². The Morgan fingerprint density at radius 1 is 1.00 bits per heavy atom. The third kappa shape index (κ3) is 6.22. The van der Waals surface area contributed by atoms with Crippen molar-refractivity contribution in [2.75, 3.05) is 18.4 Å². The number of nitrogens with zero attached hydrogens (tertiary/aromatic N) is 3. The van der Waals surface area contributed by atoms with E-state index in [0.717, 1.165) is 0 Å². The van der Waals surface area contributed by atoms with Gasteiger partial charge in [-0.1, -0.05) is 0 Å². The van der Waals surface area contributed by atoms with Crippen LogP contribution in [0, 0.1) is 5.82 Å². The van der Waals surface area contributed by atoms with Crippen molar-refractivity contribution in [2.45, 2.75) is 52.1 Å². The summed E-state index contributed by atoms with van der Waals surface area (Å²) >= 11 is 0. The minimum absolute atomic E-state index is 0.0570. The van der Waals surface area contributed by atoms with Gasteiger partial charge in [0.2, 0.25) is 0 Å². The van der Waals surface area contributed by atoms with E-state index in [1.54, 1.807) is 46.0 Å². The zero-order valence-electron chi connectivity index (χ0n) is 21.5. The van der Waals surface area contributed by atoms with Crippen molar-refractivity contribution < 1.29 is 23.5 Å². The maximum Gasteiger partial charge on any atom is 0.410 e. The molecule has 37 heavy (non-hydrogen) atoms. The number of piperidine rings is 1. The minimum atomic E-state index is -0.580. The highest BCUT2D eigenvalue weighted by Crippen LogP contribution is 2.33. The molecule has 2 aromatic carbocycles. The van der Waals surface area contributed by atoms with E-state index in [1.807, 2.05) is 20.8 Å². The second-order valence-corrected chi connectivity index (χ2v) is 10.2. The van der Waals surface area contributed by atoms with E-state index in [9.17, 15) is 18.8 Å². The lowest BCUT2D eigenvalue weighted by Gasteiger charge is -2.34. The van der Waals surface area contributed by atoms with Crippen LogP contribution in [0.3, 0.4) is 0 Å². The topological polar surface area (TPSA) is 93.5 Å². The summed E-state index contributed by atoms with van der Waals surface area (Å²) < 4.78 is 20.8. The van der Waals surface area contributed by atoms with Crippen molar-refractivity contribution >= 4 is 23.5 Å². The molecular formula is C28H31FN4O4. The van der Waals surface area contributed by atoms with E-state index >= 15 is 0 Å². The highest BCUT2D eigenvalue weighted by molar-refractivity contribution is 6.05. The van der Waals surface area contributed by atoms with Gasteiger partial charge in [0.25, 0.3) is 5.91 Å². The summed E-state index contributed by atoms with van der Waals surface area (Å²) in [5.74, 6) is -0.825. The number of benzene rings is 2. The Labute approximate surface area is 215 Å². The van der Waals surface area contributed by atoms with E-state index in [4.69, 9.17) is 4.74 Å². The molecule has 0 radical (unpaired) electrons. The fourth-order valence-electron chi connectivity index (χ4n) is 4.36. The van der Waals surface area contributed by atoms with Crippen LogP contribution in [0.15, 0.2) is 54.7 Å². The van der Waals surface area contributed by atoms with E-state index in [2.05, 4.69) is 10.4 Å². The average Bonchev–Trinajstić information content (AvgIpc) is 3.29. The van der Waals surface area contributed by atoms with E-state index < -0.39 is 5.60 Å². The van der Waals surface area contributed by atoms with Crippen molar-refractivity contribution in [1.29, 1.82) is 0 Å². The van der Waals surface area contributed by atoms with Crippen molar-refractivity contribution in [1.82, 2.24) is 14.7 Å². The van der Waals surface area contributed by atoms with Crippen molar-refractivity contribution in [2.24, 2.45) is 0 Å². The Morgan fingerprint density at radius 3 is 2.19 bits per heavy atom. The van der Waals surface area contributed by atoms with E-state index in [1.165, 1.54) is 25.3 Å². The molecule has 194 valence electrons. The molecule has 2 amide bonds. The summed E-state index contributed by atoms with van der Waals surface area (Å²) in [4.78, 5) is 39.1. The van der Waals surface area contributed by atoms with Gasteiger partial charge in [0.1, 0.15) is 11.4 Å². The molecule has 0 spiro atoms. The summed E-state index contributed by atoms with van der Waals surface area (Å²) in [6, 6.07) is 12.6. The van der Waals surface area contributed by atoms with Crippen LogP contribution in [0.25, 0.3) is 5.69 Å². The third-order valence-corrected chi connectivity index (χ3v) is 6.20. The van der Waals surface area contributed by atoms with Crippen LogP contribution in [0.4, 0.5) is 14.9 Å². The van der Waals surface area contributed by atoms with Crippen LogP contribution >= 0.6 is 0 Å². The fourth-order valence-corrected chi connectivity index (χ4v) is 4.36. The van der Waals surface area contributed by atoms with Crippen molar-refractivity contribution in [3.8, 4) is 5.69 Å². The molecule has 0 saturated carbocycles. The molecule has 1 N–H and O–H groups in total. The van der Waals surface area contributed by atoms with E-state index in [-0.39, 0.29) is 29.5 Å². The summed E-state index contributed by atoms with van der Waals surface area (Å²) in [5, 5.41) is 7.36. The predicted molar refractivity (Wildman–Crippen MR) is 138 cm³/mol. The van der Waals surface area contributed by atoms with Crippen LogP contribution in [-0.2, 0) is 4.74 Å². The molecule has 2 heterocycles. The maximum atomic E-state index is 13.6. The van der Waals surface area contributed by atoms with Gasteiger partial charge in [0, 0.05) is 30.3 Å². The SMILES string of the molecule is CC(=O)c1ccc(NC(=O)c2cnn(-c3ccc(F)cc3)c2C2CCN(C(=O)OC(C)(C)C)CC2)cc1. The first-order chi connectivity index (χ1) is 17.5. The molecular weight excluding hydrogens is 475 g/mol. The number of rotatable bonds is 5. The second-order valence-electron chi connectivity index (χ2n) is 10.2. The third-order valence-electron chi connectivity index (χ3n) is 6.20. The molecule has 1 fully saturated rings. The average molecular weight is 507 g/mol. The zero-order chi connectivity index (χ0) is 26.7. The molecule has 1 aromatic heterocycles. The van der Waals surface area contributed by atoms with Crippen molar-refractivity contribution in [3.63, 3.8) is 0 Å². The van der Waals surface area contributed by atoms with Gasteiger partial charge in [0.15, 0.2) is 5.78 Å². The number of ketones is 1. The first kappa shape index (κ1) is 26.1. The summed E-state index contributed by atoms with van der Waals surface area (Å²) in [6.45, 7) is 7.92. The lowest BCUT2D eigenvalue weighted by Crippen LogP contribution is -2.41. The Kier molecular flexibility index (Phi) is 7.42. The largest absolute Gasteiger partial charge is 0.444 e. The number of ether oxygens (including phenoxy) is 1. The quantitative estimate of drug-likeness (QED) is 0.456. The number of hydrogen-bond acceptors (Lipinski definition) is 5. The fraction of sp³-hybridized carbons (Fsp3) is 0.357. The number of likely N-dealkylation sites (tertiary alicyclic amines) is 1. The number of carbonyl (C=O) groups excluding carboxylic acids is 3. The number of aromatic nitrogens is 2. The molecule has 3 aromatic rings. The van der Waals surface area contributed by atoms with Gasteiger partial charge in [-0.2, -0.15) is 5.10 Å². The Bertz CT molecular complexity index is 1290. The van der Waals surface area contributed by atoms with Crippen LogP contribution in [0.1, 0.15) is 72.9 Å². The zero-order valence-corrected chi connectivity index (χ0v) is 21.5. The van der Waals surface area contributed by atoms with Gasteiger partial charge in [-0.15, -0.1) is 0 Å². The summed E-state index contributed by atoms with van der Waals surface area (Å²) in [5.41, 5.74) is 2.26. The molecule has 8 nitrogen and oxygen atoms in total. The van der Waals surface area contributed by atoms with Gasteiger partial charge < -0.3 is 15.0 Å². The Morgan fingerprint density at radius 2 is 1.62 bits per heavy atom. The van der Waals surface area contributed by atoms with Crippen LogP contribution in [0.2, 0.25) is 0 Å². The smallest absolute Gasteiger partial charge is 0.410 e. The van der Waals surface area contributed by atoms with Crippen LogP contribution in [0.5, 0.6) is 0 Å². The Hall–Kier alpha value is -4.01. The normalized spacial score (nSPS) is 14.4. The Balaban J connectivity index is 1.60. The molecule has 1 aliphatic heterocycles. The monoisotopic (exact) mass is 506 g/mol. The number of amides is 2. The molecule has 1 saturated heterocycles. The molecule has 0 aliphatic carbocycles. The molecule has 0 bridgehead atoms. The lowest BCUT2D eigenvalue weighted by atomic mass is 9.90. The number of Topliss-reactive ketones (excluding diaryl/α,β-unsaturated/α-hetero) is 1. The van der Waals surface area contributed by atoms with Crippen molar-refractivity contribution in [3.05, 3.63) is 77.4 Å². The molecule has 1 aliphatic rings. The first-order valence-corrected chi connectivity index (χ1v) is 12.3. The number of anilines is 1. The molecule has 9 heteroatoms. The lowest BCUT2D eigenvalue weighted by molar-refractivity contribution is 0.0203. The minimum Gasteiger partial charge on any atom is -0.444 e. The summed E-state index contributed by atoms with van der Waals surface area (Å²) in [6.07, 6.45) is 2.38. The van der Waals surface area contributed by atoms with Gasteiger partial charge in [-0.05, 0) is 89.1 Å². The second kappa shape index (κ2) is 10.5. The summed E-state index contributed by atoms with van der Waals surface area (Å²) in [7, 11) is 0. The van der Waals surface area contributed by atoms with Gasteiger partial charge in [-0.25, -0.2) is 13.9 Å². The van der Waals surface area contributed by atoms with Crippen LogP contribution in [-0.4, -0.2) is 51.2 Å². The number of hydrogen-bond donors (Lipinski definition) is 1. The molecule has 0 unspecified atom stereocenters. The standard InChI is InChI=1S/C28H31FN4O4/c1-18(34)19-5-9-22(10-6-19)31-26(35)24-17-30-33(23-11-7-21(29)8-12-23)25(24)20-13-15-32(16-14-20)27(36)37-28(2,3)4/h5-12,17,20H,13-16H2,1-4H3,(H,31,35). The maximum absolute atomic E-state index is 13.6. The number of halogens is 1. The predicted octanol–water partition coefficient (Wildman–Crippen LogP) is 5.58. The van der Waals surface area contributed by atoms with Gasteiger partial charge in [-0.3, -0.25) is 9.59 Å². The highest BCUT2D eigenvalue weighted by Gasteiger charge is 2.32. The number of nitrogens with one attached hydrogen (secondary N) is 1. The molecule has 0 atom stereocenters.